The average Bonchev–Trinajstić information content (AvgIpc) is 2.46. The zero-order chi connectivity index (χ0) is 13.2. The molecule has 3 rings (SSSR count). The van der Waals surface area contributed by atoms with Crippen LogP contribution < -0.4 is 0 Å². The van der Waals surface area contributed by atoms with Gasteiger partial charge in [0.05, 0.1) is 4.83 Å². The Labute approximate surface area is 129 Å². The van der Waals surface area contributed by atoms with Crippen molar-refractivity contribution in [2.24, 2.45) is 0 Å². The van der Waals surface area contributed by atoms with Gasteiger partial charge in [0.15, 0.2) is 0 Å². The Bertz CT molecular complexity index is 714. The molecule has 0 saturated heterocycles. The molecule has 3 aromatic rings. The van der Waals surface area contributed by atoms with Gasteiger partial charge in [0, 0.05) is 4.47 Å². The third-order valence-electron chi connectivity index (χ3n) is 3.27. The first-order valence-corrected chi connectivity index (χ1v) is 7.84. The molecule has 1 unspecified atom stereocenters. The van der Waals surface area contributed by atoms with Gasteiger partial charge in [0.25, 0.3) is 0 Å². The normalized spacial score (nSPS) is 12.5. The smallest absolute Gasteiger partial charge is 0.0661 e. The van der Waals surface area contributed by atoms with Crippen LogP contribution in [-0.2, 0) is 0 Å². The van der Waals surface area contributed by atoms with Gasteiger partial charge in [0.2, 0.25) is 0 Å². The number of benzene rings is 3. The summed E-state index contributed by atoms with van der Waals surface area (Å²) < 4.78 is 1.13. The van der Waals surface area contributed by atoms with E-state index in [4.69, 9.17) is 0 Å². The van der Waals surface area contributed by atoms with Crippen LogP contribution in [0.2, 0.25) is 0 Å². The number of halogens is 2. The number of hydrogen-bond acceptors (Lipinski definition) is 0. The van der Waals surface area contributed by atoms with E-state index in [9.17, 15) is 0 Å². The molecule has 0 amide bonds. The predicted molar refractivity (Wildman–Crippen MR) is 88.9 cm³/mol. The largest absolute Gasteiger partial charge is 0.0786 e. The van der Waals surface area contributed by atoms with Crippen LogP contribution in [0.25, 0.3) is 10.8 Å². The molecule has 0 heterocycles. The van der Waals surface area contributed by atoms with Crippen LogP contribution in [0.4, 0.5) is 0 Å². The lowest BCUT2D eigenvalue weighted by Crippen LogP contribution is -1.95. The minimum Gasteiger partial charge on any atom is -0.0786 e. The Hall–Kier alpha value is -1.12. The number of alkyl halides is 1. The zero-order valence-corrected chi connectivity index (χ0v) is 13.4. The number of hydrogen-bond donors (Lipinski definition) is 0. The van der Waals surface area contributed by atoms with Gasteiger partial charge >= 0.3 is 0 Å². The molecule has 1 atom stereocenters. The van der Waals surface area contributed by atoms with E-state index in [1.165, 1.54) is 21.9 Å². The molecule has 19 heavy (non-hydrogen) atoms. The summed E-state index contributed by atoms with van der Waals surface area (Å²) in [6, 6.07) is 23.3. The molecule has 2 heteroatoms. The second-order valence-corrected chi connectivity index (χ2v) is 6.22. The van der Waals surface area contributed by atoms with Crippen LogP contribution >= 0.6 is 31.9 Å². The summed E-state index contributed by atoms with van der Waals surface area (Å²) in [5.41, 5.74) is 2.55. The maximum Gasteiger partial charge on any atom is 0.0661 e. The van der Waals surface area contributed by atoms with Crippen LogP contribution in [0.3, 0.4) is 0 Å². The van der Waals surface area contributed by atoms with Crippen molar-refractivity contribution in [1.29, 1.82) is 0 Å². The minimum atomic E-state index is 0.189. The van der Waals surface area contributed by atoms with E-state index in [0.29, 0.717) is 0 Å². The molecule has 0 saturated carbocycles. The molecule has 0 fully saturated rings. The standard InChI is InChI=1S/C17H12Br2/c18-16-11-4-3-9-15(16)17(19)14-10-5-7-12-6-1-2-8-13(12)14/h1-11,17H. The van der Waals surface area contributed by atoms with E-state index >= 15 is 0 Å². The van der Waals surface area contributed by atoms with Crippen molar-refractivity contribution in [3.05, 3.63) is 82.3 Å². The van der Waals surface area contributed by atoms with Crippen molar-refractivity contribution in [2.75, 3.05) is 0 Å². The van der Waals surface area contributed by atoms with Crippen molar-refractivity contribution in [1.82, 2.24) is 0 Å². The Balaban J connectivity index is 2.17. The van der Waals surface area contributed by atoms with E-state index in [0.717, 1.165) is 4.47 Å². The SMILES string of the molecule is Brc1ccccc1C(Br)c1cccc2ccccc12. The van der Waals surface area contributed by atoms with Gasteiger partial charge in [-0.25, -0.2) is 0 Å². The highest BCUT2D eigenvalue weighted by Crippen LogP contribution is 2.38. The van der Waals surface area contributed by atoms with Gasteiger partial charge in [-0.3, -0.25) is 0 Å². The molecule has 0 bridgehead atoms. The number of fused-ring (bicyclic) bond motifs is 1. The van der Waals surface area contributed by atoms with E-state index in [-0.39, 0.29) is 4.83 Å². The fraction of sp³-hybridized carbons (Fsp3) is 0.0588. The van der Waals surface area contributed by atoms with E-state index in [1.54, 1.807) is 0 Å². The summed E-state index contributed by atoms with van der Waals surface area (Å²) in [7, 11) is 0. The third kappa shape index (κ3) is 2.47. The first kappa shape index (κ1) is 12.9. The molecular formula is C17H12Br2. The van der Waals surface area contributed by atoms with Crippen LogP contribution in [0.15, 0.2) is 71.2 Å². The average molecular weight is 376 g/mol. The molecule has 0 aliphatic heterocycles. The summed E-state index contributed by atoms with van der Waals surface area (Å²) in [5.74, 6) is 0. The summed E-state index contributed by atoms with van der Waals surface area (Å²) in [6.07, 6.45) is 0. The summed E-state index contributed by atoms with van der Waals surface area (Å²) in [4.78, 5) is 0.189. The lowest BCUT2D eigenvalue weighted by Gasteiger charge is -2.15. The molecule has 0 radical (unpaired) electrons. The van der Waals surface area contributed by atoms with Crippen LogP contribution in [0.5, 0.6) is 0 Å². The van der Waals surface area contributed by atoms with E-state index < -0.39 is 0 Å². The Morgan fingerprint density at radius 2 is 1.32 bits per heavy atom. The zero-order valence-electron chi connectivity index (χ0n) is 10.2. The van der Waals surface area contributed by atoms with Crippen molar-refractivity contribution in [2.45, 2.75) is 4.83 Å². The monoisotopic (exact) mass is 374 g/mol. The van der Waals surface area contributed by atoms with Crippen LogP contribution in [-0.4, -0.2) is 0 Å². The first-order chi connectivity index (χ1) is 9.27. The van der Waals surface area contributed by atoms with Gasteiger partial charge in [-0.05, 0) is 28.0 Å². The van der Waals surface area contributed by atoms with Crippen LogP contribution in [0.1, 0.15) is 16.0 Å². The maximum absolute atomic E-state index is 3.84. The highest BCUT2D eigenvalue weighted by atomic mass is 79.9. The summed E-state index contributed by atoms with van der Waals surface area (Å²) in [6.45, 7) is 0. The molecule has 0 spiro atoms. The highest BCUT2D eigenvalue weighted by Gasteiger charge is 2.15. The van der Waals surface area contributed by atoms with Crippen molar-refractivity contribution < 1.29 is 0 Å². The van der Waals surface area contributed by atoms with Crippen molar-refractivity contribution in [3.63, 3.8) is 0 Å². The fourth-order valence-corrected chi connectivity index (χ4v) is 3.94. The lowest BCUT2D eigenvalue weighted by molar-refractivity contribution is 1.18. The summed E-state index contributed by atoms with van der Waals surface area (Å²) in [5, 5.41) is 2.57. The molecule has 3 aromatic carbocycles. The van der Waals surface area contributed by atoms with Crippen molar-refractivity contribution >= 4 is 42.6 Å². The molecule has 0 aliphatic rings. The Kier molecular flexibility index (Phi) is 3.72. The molecule has 0 aromatic heterocycles. The second-order valence-electron chi connectivity index (χ2n) is 4.45. The molecular weight excluding hydrogens is 364 g/mol. The molecule has 0 aliphatic carbocycles. The quantitative estimate of drug-likeness (QED) is 0.475. The minimum absolute atomic E-state index is 0.189. The predicted octanol–water partition coefficient (Wildman–Crippen LogP) is 6.09. The third-order valence-corrected chi connectivity index (χ3v) is 4.98. The van der Waals surface area contributed by atoms with E-state index in [2.05, 4.69) is 92.5 Å². The Morgan fingerprint density at radius 3 is 2.16 bits per heavy atom. The molecule has 0 N–H and O–H groups in total. The summed E-state index contributed by atoms with van der Waals surface area (Å²) >= 11 is 7.46. The Morgan fingerprint density at radius 1 is 0.684 bits per heavy atom. The first-order valence-electron chi connectivity index (χ1n) is 6.13. The van der Waals surface area contributed by atoms with Gasteiger partial charge < -0.3 is 0 Å². The van der Waals surface area contributed by atoms with Gasteiger partial charge in [-0.15, -0.1) is 0 Å². The fourth-order valence-electron chi connectivity index (χ4n) is 2.32. The topological polar surface area (TPSA) is 0 Å². The molecule has 94 valence electrons. The molecule has 0 nitrogen and oxygen atoms in total. The number of rotatable bonds is 2. The van der Waals surface area contributed by atoms with Crippen molar-refractivity contribution in [3.8, 4) is 0 Å². The maximum atomic E-state index is 3.84. The second kappa shape index (κ2) is 5.48. The van der Waals surface area contributed by atoms with Gasteiger partial charge in [0.1, 0.15) is 0 Å². The van der Waals surface area contributed by atoms with Gasteiger partial charge in [-0.2, -0.15) is 0 Å². The van der Waals surface area contributed by atoms with Crippen LogP contribution in [0, 0.1) is 0 Å². The van der Waals surface area contributed by atoms with E-state index in [1.807, 2.05) is 6.07 Å². The van der Waals surface area contributed by atoms with Gasteiger partial charge in [-0.1, -0.05) is 92.5 Å². The lowest BCUT2D eigenvalue weighted by atomic mass is 9.98. The highest BCUT2D eigenvalue weighted by molar-refractivity contribution is 9.11.